The second-order valence-electron chi connectivity index (χ2n) is 8.53. The largest absolute Gasteiger partial charge is 0.494 e. The molecule has 3 aromatic rings. The zero-order valence-corrected chi connectivity index (χ0v) is 22.1. The Labute approximate surface area is 228 Å². The number of hydrogen-bond acceptors (Lipinski definition) is 7. The van der Waals surface area contributed by atoms with Crippen LogP contribution in [0.4, 0.5) is 0 Å². The summed E-state index contributed by atoms with van der Waals surface area (Å²) in [5.74, 6) is 0.433. The SMILES string of the molecule is CCCCOc1ccc(C(=O)Oc2ccc(C=NNC(=O)CNC(=O)c3ccc(OCCC)cc3)cc2)cc1. The Morgan fingerprint density at radius 2 is 1.33 bits per heavy atom. The summed E-state index contributed by atoms with van der Waals surface area (Å²) in [6.07, 6.45) is 4.36. The predicted octanol–water partition coefficient (Wildman–Crippen LogP) is 4.75. The quantitative estimate of drug-likeness (QED) is 0.102. The van der Waals surface area contributed by atoms with Gasteiger partial charge in [-0.25, -0.2) is 10.2 Å². The molecule has 0 spiro atoms. The second-order valence-corrected chi connectivity index (χ2v) is 8.53. The van der Waals surface area contributed by atoms with E-state index in [0.29, 0.717) is 47.2 Å². The standard InChI is InChI=1S/C30H33N3O6/c1-3-5-19-38-26-16-10-24(11-17-26)30(36)39-27-12-6-22(7-13-27)20-32-33-28(34)21-31-29(35)23-8-14-25(15-9-23)37-18-4-2/h6-17,20H,3-5,18-19,21H2,1-2H3,(H,31,35)(H,33,34). The van der Waals surface area contributed by atoms with Gasteiger partial charge in [-0.3, -0.25) is 9.59 Å². The first-order valence-corrected chi connectivity index (χ1v) is 12.9. The molecule has 2 N–H and O–H groups in total. The van der Waals surface area contributed by atoms with E-state index in [0.717, 1.165) is 19.3 Å². The van der Waals surface area contributed by atoms with Crippen LogP contribution in [0.3, 0.4) is 0 Å². The number of rotatable bonds is 14. The fourth-order valence-electron chi connectivity index (χ4n) is 3.21. The molecule has 0 aliphatic carbocycles. The van der Waals surface area contributed by atoms with Crippen LogP contribution in [0.1, 0.15) is 59.4 Å². The van der Waals surface area contributed by atoms with Gasteiger partial charge in [0.25, 0.3) is 11.8 Å². The first-order chi connectivity index (χ1) is 19.0. The minimum atomic E-state index is -0.480. The maximum absolute atomic E-state index is 12.4. The van der Waals surface area contributed by atoms with Crippen molar-refractivity contribution in [2.45, 2.75) is 33.1 Å². The minimum Gasteiger partial charge on any atom is -0.494 e. The van der Waals surface area contributed by atoms with Crippen molar-refractivity contribution in [2.24, 2.45) is 5.10 Å². The third-order valence-corrected chi connectivity index (χ3v) is 5.35. The van der Waals surface area contributed by atoms with E-state index in [9.17, 15) is 14.4 Å². The third kappa shape index (κ3) is 9.96. The van der Waals surface area contributed by atoms with Crippen molar-refractivity contribution >= 4 is 24.0 Å². The Bertz CT molecular complexity index is 1240. The number of carbonyl (C=O) groups is 3. The van der Waals surface area contributed by atoms with Crippen molar-refractivity contribution in [1.29, 1.82) is 0 Å². The van der Waals surface area contributed by atoms with Crippen LogP contribution in [0.2, 0.25) is 0 Å². The van der Waals surface area contributed by atoms with E-state index in [1.807, 2.05) is 6.92 Å². The van der Waals surface area contributed by atoms with Gasteiger partial charge in [-0.05, 0) is 91.2 Å². The molecule has 0 unspecified atom stereocenters. The molecule has 0 saturated carbocycles. The summed E-state index contributed by atoms with van der Waals surface area (Å²) in [5.41, 5.74) is 3.87. The van der Waals surface area contributed by atoms with Crippen LogP contribution >= 0.6 is 0 Å². The Hall–Kier alpha value is -4.66. The number of benzene rings is 3. The smallest absolute Gasteiger partial charge is 0.343 e. The highest BCUT2D eigenvalue weighted by atomic mass is 16.5. The lowest BCUT2D eigenvalue weighted by Crippen LogP contribution is -2.34. The first-order valence-electron chi connectivity index (χ1n) is 12.9. The van der Waals surface area contributed by atoms with Crippen molar-refractivity contribution in [1.82, 2.24) is 10.7 Å². The van der Waals surface area contributed by atoms with E-state index in [1.165, 1.54) is 6.21 Å². The molecule has 0 aliphatic rings. The molecule has 3 rings (SSSR count). The average Bonchev–Trinajstić information content (AvgIpc) is 2.96. The summed E-state index contributed by atoms with van der Waals surface area (Å²) >= 11 is 0. The summed E-state index contributed by atoms with van der Waals surface area (Å²) in [6, 6.07) is 20.1. The van der Waals surface area contributed by atoms with Gasteiger partial charge in [0.2, 0.25) is 0 Å². The normalized spacial score (nSPS) is 10.6. The van der Waals surface area contributed by atoms with Crippen molar-refractivity contribution in [3.8, 4) is 17.2 Å². The fourth-order valence-corrected chi connectivity index (χ4v) is 3.21. The zero-order valence-electron chi connectivity index (χ0n) is 22.1. The van der Waals surface area contributed by atoms with Gasteiger partial charge in [0.15, 0.2) is 0 Å². The molecule has 0 heterocycles. The number of ether oxygens (including phenoxy) is 3. The number of esters is 1. The molecule has 3 aromatic carbocycles. The number of unbranched alkanes of at least 4 members (excludes halogenated alkanes) is 1. The third-order valence-electron chi connectivity index (χ3n) is 5.35. The van der Waals surface area contributed by atoms with Gasteiger partial charge in [0, 0.05) is 5.56 Å². The number of hydrazone groups is 1. The summed E-state index contributed by atoms with van der Waals surface area (Å²) in [7, 11) is 0. The lowest BCUT2D eigenvalue weighted by atomic mass is 10.2. The van der Waals surface area contributed by atoms with Crippen LogP contribution in [-0.2, 0) is 4.79 Å². The van der Waals surface area contributed by atoms with E-state index in [4.69, 9.17) is 14.2 Å². The topological polar surface area (TPSA) is 115 Å². The molecule has 0 fully saturated rings. The molecule has 39 heavy (non-hydrogen) atoms. The van der Waals surface area contributed by atoms with E-state index < -0.39 is 11.9 Å². The summed E-state index contributed by atoms with van der Waals surface area (Å²) in [5, 5.41) is 6.44. The van der Waals surface area contributed by atoms with Gasteiger partial charge >= 0.3 is 5.97 Å². The monoisotopic (exact) mass is 531 g/mol. The molecule has 0 atom stereocenters. The van der Waals surface area contributed by atoms with Gasteiger partial charge in [-0.1, -0.05) is 20.3 Å². The molecule has 0 saturated heterocycles. The first kappa shape index (κ1) is 28.9. The van der Waals surface area contributed by atoms with E-state index in [-0.39, 0.29) is 12.5 Å². The maximum atomic E-state index is 12.4. The fraction of sp³-hybridized carbons (Fsp3) is 0.267. The van der Waals surface area contributed by atoms with Crippen LogP contribution in [0.5, 0.6) is 17.2 Å². The lowest BCUT2D eigenvalue weighted by Gasteiger charge is -2.07. The maximum Gasteiger partial charge on any atom is 0.343 e. The second kappa shape index (κ2) is 15.6. The summed E-state index contributed by atoms with van der Waals surface area (Å²) < 4.78 is 16.5. The van der Waals surface area contributed by atoms with Gasteiger partial charge in [-0.15, -0.1) is 0 Å². The highest BCUT2D eigenvalue weighted by Crippen LogP contribution is 2.17. The van der Waals surface area contributed by atoms with Gasteiger partial charge in [-0.2, -0.15) is 5.10 Å². The minimum absolute atomic E-state index is 0.231. The van der Waals surface area contributed by atoms with Crippen LogP contribution in [-0.4, -0.2) is 43.8 Å². The highest BCUT2D eigenvalue weighted by molar-refractivity contribution is 5.96. The molecule has 0 bridgehead atoms. The molecule has 0 aromatic heterocycles. The molecule has 9 heteroatoms. The zero-order chi connectivity index (χ0) is 27.9. The Morgan fingerprint density at radius 3 is 1.95 bits per heavy atom. The van der Waals surface area contributed by atoms with Gasteiger partial charge < -0.3 is 19.5 Å². The van der Waals surface area contributed by atoms with E-state index in [2.05, 4.69) is 22.8 Å². The number of carbonyl (C=O) groups excluding carboxylic acids is 3. The number of amides is 2. The number of nitrogens with one attached hydrogen (secondary N) is 2. The van der Waals surface area contributed by atoms with E-state index in [1.54, 1.807) is 72.8 Å². The Morgan fingerprint density at radius 1 is 0.744 bits per heavy atom. The van der Waals surface area contributed by atoms with Gasteiger partial charge in [0.05, 0.1) is 31.5 Å². The highest BCUT2D eigenvalue weighted by Gasteiger charge is 2.10. The Kier molecular flexibility index (Phi) is 11.5. The average molecular weight is 532 g/mol. The van der Waals surface area contributed by atoms with Crippen molar-refractivity contribution < 1.29 is 28.6 Å². The molecule has 9 nitrogen and oxygen atoms in total. The van der Waals surface area contributed by atoms with Crippen molar-refractivity contribution in [3.63, 3.8) is 0 Å². The van der Waals surface area contributed by atoms with Crippen LogP contribution in [0.25, 0.3) is 0 Å². The van der Waals surface area contributed by atoms with Gasteiger partial charge in [0.1, 0.15) is 17.2 Å². The molecule has 0 aliphatic heterocycles. The van der Waals surface area contributed by atoms with Crippen molar-refractivity contribution in [2.75, 3.05) is 19.8 Å². The van der Waals surface area contributed by atoms with Crippen molar-refractivity contribution in [3.05, 3.63) is 89.5 Å². The molecule has 0 radical (unpaired) electrons. The predicted molar refractivity (Wildman–Crippen MR) is 149 cm³/mol. The molecule has 204 valence electrons. The summed E-state index contributed by atoms with van der Waals surface area (Å²) in [4.78, 5) is 36.6. The van der Waals surface area contributed by atoms with Crippen LogP contribution < -0.4 is 25.0 Å². The molecular formula is C30H33N3O6. The molecular weight excluding hydrogens is 498 g/mol. The van der Waals surface area contributed by atoms with E-state index >= 15 is 0 Å². The molecule has 2 amide bonds. The number of nitrogens with zero attached hydrogens (tertiary/aromatic N) is 1. The summed E-state index contributed by atoms with van der Waals surface area (Å²) in [6.45, 7) is 5.12. The van der Waals surface area contributed by atoms with Crippen LogP contribution in [0, 0.1) is 0 Å². The number of hydrogen-bond donors (Lipinski definition) is 2. The van der Waals surface area contributed by atoms with Crippen LogP contribution in [0.15, 0.2) is 77.9 Å². The Balaban J connectivity index is 1.40. The lowest BCUT2D eigenvalue weighted by molar-refractivity contribution is -0.120.